The number of carboxylic acids is 1. The lowest BCUT2D eigenvalue weighted by Gasteiger charge is -2.18. The number of aliphatic hydroxyl groups is 2. The molecule has 0 aromatic carbocycles. The number of carbonyl (C=O) groups is 1. The molecule has 0 aliphatic rings. The number of hydrogen-bond donors (Lipinski definition) is 4. The molecular weight excluding hydrogens is 228 g/mol. The number of hydrogen-bond acceptors (Lipinski definition) is 6. The number of anilines is 1. The molecule has 0 saturated heterocycles. The Morgan fingerprint density at radius 2 is 2.24 bits per heavy atom. The van der Waals surface area contributed by atoms with Crippen LogP contribution in [0.5, 0.6) is 5.88 Å². The molecule has 1 aromatic rings. The van der Waals surface area contributed by atoms with E-state index in [9.17, 15) is 15.0 Å². The highest BCUT2D eigenvalue weighted by atomic mass is 16.5. The minimum absolute atomic E-state index is 0.0936. The van der Waals surface area contributed by atoms with E-state index in [2.05, 4.69) is 4.98 Å². The van der Waals surface area contributed by atoms with Gasteiger partial charge in [-0.15, -0.1) is 0 Å². The third kappa shape index (κ3) is 3.30. The zero-order valence-electron chi connectivity index (χ0n) is 9.20. The number of aliphatic carboxylic acids is 1. The van der Waals surface area contributed by atoms with E-state index in [4.69, 9.17) is 15.6 Å². The molecule has 2 unspecified atom stereocenters. The summed E-state index contributed by atoms with van der Waals surface area (Å²) in [6.07, 6.45) is -2.13. The molecule has 0 bridgehead atoms. The van der Waals surface area contributed by atoms with Crippen LogP contribution in [0.3, 0.4) is 0 Å². The Balaban J connectivity index is 2.97. The summed E-state index contributed by atoms with van der Waals surface area (Å²) < 4.78 is 4.89. The third-order valence-corrected chi connectivity index (χ3v) is 2.16. The van der Waals surface area contributed by atoms with Crippen molar-refractivity contribution in [1.29, 1.82) is 0 Å². The van der Waals surface area contributed by atoms with Crippen molar-refractivity contribution >= 4 is 11.7 Å². The second kappa shape index (κ2) is 5.46. The first kappa shape index (κ1) is 13.2. The van der Waals surface area contributed by atoms with Gasteiger partial charge in [0.25, 0.3) is 0 Å². The van der Waals surface area contributed by atoms with Gasteiger partial charge in [-0.05, 0) is 6.07 Å². The molecule has 1 rings (SSSR count). The lowest BCUT2D eigenvalue weighted by atomic mass is 10.0. The maximum absolute atomic E-state index is 10.4. The van der Waals surface area contributed by atoms with Gasteiger partial charge >= 0.3 is 5.97 Å². The minimum Gasteiger partial charge on any atom is -0.481 e. The average Bonchev–Trinajstić information content (AvgIpc) is 2.27. The molecule has 2 atom stereocenters. The van der Waals surface area contributed by atoms with Gasteiger partial charge in [0.2, 0.25) is 5.88 Å². The fraction of sp³-hybridized carbons (Fsp3) is 0.400. The van der Waals surface area contributed by atoms with E-state index in [1.165, 1.54) is 19.4 Å². The van der Waals surface area contributed by atoms with E-state index < -0.39 is 24.6 Å². The number of aliphatic hydroxyl groups excluding tert-OH is 2. The molecule has 0 spiro atoms. The van der Waals surface area contributed by atoms with Gasteiger partial charge in [0.15, 0.2) is 0 Å². The monoisotopic (exact) mass is 242 g/mol. The SMILES string of the molecule is COc1ncc(N)cc1C(O)C(O)CC(=O)O. The number of ether oxygens (including phenoxy) is 1. The van der Waals surface area contributed by atoms with E-state index in [1.54, 1.807) is 0 Å². The smallest absolute Gasteiger partial charge is 0.306 e. The molecule has 0 saturated carbocycles. The minimum atomic E-state index is -1.45. The molecule has 0 amide bonds. The zero-order chi connectivity index (χ0) is 13.0. The molecule has 7 nitrogen and oxygen atoms in total. The number of pyridine rings is 1. The Morgan fingerprint density at radius 3 is 2.76 bits per heavy atom. The lowest BCUT2D eigenvalue weighted by molar-refractivity contribution is -0.141. The summed E-state index contributed by atoms with van der Waals surface area (Å²) in [5.74, 6) is -1.12. The Hall–Kier alpha value is -1.86. The van der Waals surface area contributed by atoms with Crippen LogP contribution in [0.25, 0.3) is 0 Å². The highest BCUT2D eigenvalue weighted by Crippen LogP contribution is 2.27. The largest absolute Gasteiger partial charge is 0.481 e. The van der Waals surface area contributed by atoms with Gasteiger partial charge in [0.1, 0.15) is 6.10 Å². The van der Waals surface area contributed by atoms with Crippen molar-refractivity contribution < 1.29 is 24.9 Å². The topological polar surface area (TPSA) is 126 Å². The first-order valence-corrected chi connectivity index (χ1v) is 4.83. The normalized spacial score (nSPS) is 14.1. The van der Waals surface area contributed by atoms with Crippen LogP contribution in [0.4, 0.5) is 5.69 Å². The van der Waals surface area contributed by atoms with Crippen LogP contribution in [-0.2, 0) is 4.79 Å². The van der Waals surface area contributed by atoms with E-state index in [0.717, 1.165) is 0 Å². The number of nitrogen functional groups attached to an aromatic ring is 1. The van der Waals surface area contributed by atoms with Gasteiger partial charge in [0, 0.05) is 5.56 Å². The predicted molar refractivity (Wildman–Crippen MR) is 58.4 cm³/mol. The van der Waals surface area contributed by atoms with Crippen LogP contribution in [0.2, 0.25) is 0 Å². The van der Waals surface area contributed by atoms with Gasteiger partial charge < -0.3 is 25.8 Å². The van der Waals surface area contributed by atoms with Crippen LogP contribution in [-0.4, -0.2) is 39.5 Å². The van der Waals surface area contributed by atoms with Crippen LogP contribution in [0, 0.1) is 0 Å². The van der Waals surface area contributed by atoms with Gasteiger partial charge in [-0.1, -0.05) is 0 Å². The fourth-order valence-corrected chi connectivity index (χ4v) is 1.37. The summed E-state index contributed by atoms with van der Waals surface area (Å²) in [4.78, 5) is 14.2. The Morgan fingerprint density at radius 1 is 1.59 bits per heavy atom. The molecule has 1 heterocycles. The number of carboxylic acid groups (broad SMARTS) is 1. The molecule has 0 fully saturated rings. The maximum atomic E-state index is 10.4. The Kier molecular flexibility index (Phi) is 4.24. The van der Waals surface area contributed by atoms with Crippen molar-refractivity contribution in [2.75, 3.05) is 12.8 Å². The summed E-state index contributed by atoms with van der Waals surface area (Å²) in [7, 11) is 1.35. The second-order valence-corrected chi connectivity index (χ2v) is 3.48. The van der Waals surface area contributed by atoms with Gasteiger partial charge in [-0.25, -0.2) is 4.98 Å². The van der Waals surface area contributed by atoms with Crippen molar-refractivity contribution in [1.82, 2.24) is 4.98 Å². The lowest BCUT2D eigenvalue weighted by Crippen LogP contribution is -2.22. The second-order valence-electron chi connectivity index (χ2n) is 3.48. The van der Waals surface area contributed by atoms with Crippen LogP contribution in [0.1, 0.15) is 18.1 Å². The number of nitrogens with two attached hydrogens (primary N) is 1. The van der Waals surface area contributed by atoms with Crippen molar-refractivity contribution in [3.63, 3.8) is 0 Å². The molecule has 5 N–H and O–H groups in total. The molecule has 0 aliphatic heterocycles. The highest BCUT2D eigenvalue weighted by molar-refractivity contribution is 5.67. The summed E-state index contributed by atoms with van der Waals surface area (Å²) >= 11 is 0. The number of methoxy groups -OCH3 is 1. The van der Waals surface area contributed by atoms with Crippen molar-refractivity contribution in [3.8, 4) is 5.88 Å². The number of rotatable bonds is 5. The molecule has 0 aliphatic carbocycles. The van der Waals surface area contributed by atoms with Crippen molar-refractivity contribution in [3.05, 3.63) is 17.8 Å². The first-order chi connectivity index (χ1) is 7.95. The van der Waals surface area contributed by atoms with Crippen molar-refractivity contribution in [2.24, 2.45) is 0 Å². The Labute approximate surface area is 97.5 Å². The van der Waals surface area contributed by atoms with Crippen LogP contribution < -0.4 is 10.5 Å². The van der Waals surface area contributed by atoms with Gasteiger partial charge in [-0.3, -0.25) is 4.79 Å². The molecular formula is C10H14N2O5. The van der Waals surface area contributed by atoms with Crippen LogP contribution in [0.15, 0.2) is 12.3 Å². The average molecular weight is 242 g/mol. The fourth-order valence-electron chi connectivity index (χ4n) is 1.37. The van der Waals surface area contributed by atoms with Crippen LogP contribution >= 0.6 is 0 Å². The Bertz CT molecular complexity index is 410. The maximum Gasteiger partial charge on any atom is 0.306 e. The van der Waals surface area contributed by atoms with E-state index in [0.29, 0.717) is 0 Å². The van der Waals surface area contributed by atoms with Gasteiger partial charge in [-0.2, -0.15) is 0 Å². The zero-order valence-corrected chi connectivity index (χ0v) is 9.20. The first-order valence-electron chi connectivity index (χ1n) is 4.83. The molecule has 94 valence electrons. The van der Waals surface area contributed by atoms with Gasteiger partial charge in [0.05, 0.1) is 31.5 Å². The number of aromatic nitrogens is 1. The third-order valence-electron chi connectivity index (χ3n) is 2.16. The number of nitrogens with zero attached hydrogens (tertiary/aromatic N) is 1. The predicted octanol–water partition coefficient (Wildman–Crippen LogP) is -0.459. The summed E-state index contributed by atoms with van der Waals surface area (Å²) in [6, 6.07) is 1.38. The standard InChI is InChI=1S/C10H14N2O5/c1-17-10-6(2-5(11)4-12-10)9(16)7(13)3-8(14)15/h2,4,7,9,13,16H,3,11H2,1H3,(H,14,15). The van der Waals surface area contributed by atoms with E-state index in [1.807, 2.05) is 0 Å². The molecule has 17 heavy (non-hydrogen) atoms. The van der Waals surface area contributed by atoms with E-state index in [-0.39, 0.29) is 17.1 Å². The molecule has 1 aromatic heterocycles. The molecule has 7 heteroatoms. The van der Waals surface area contributed by atoms with Crippen molar-refractivity contribution in [2.45, 2.75) is 18.6 Å². The summed E-state index contributed by atoms with van der Waals surface area (Å²) in [6.45, 7) is 0. The highest BCUT2D eigenvalue weighted by Gasteiger charge is 2.24. The summed E-state index contributed by atoms with van der Waals surface area (Å²) in [5.41, 5.74) is 5.93. The summed E-state index contributed by atoms with van der Waals surface area (Å²) in [5, 5.41) is 27.8. The van der Waals surface area contributed by atoms with E-state index >= 15 is 0 Å². The molecule has 0 radical (unpaired) electrons. The quantitative estimate of drug-likeness (QED) is 0.550.